The Labute approximate surface area is 133 Å². The maximum Gasteiger partial charge on any atom is 0.319 e. The molecule has 1 aliphatic rings. The number of carbonyl (C=O) groups is 3. The molecule has 22 heavy (non-hydrogen) atoms. The third-order valence-electron chi connectivity index (χ3n) is 3.88. The van der Waals surface area contributed by atoms with Crippen LogP contribution < -0.4 is 0 Å². The Bertz CT molecular complexity index is 605. The highest BCUT2D eigenvalue weighted by Gasteiger charge is 2.51. The molecule has 0 saturated carbocycles. The van der Waals surface area contributed by atoms with Gasteiger partial charge in [-0.25, -0.2) is 0 Å². The van der Waals surface area contributed by atoms with Crippen molar-refractivity contribution < 1.29 is 23.9 Å². The summed E-state index contributed by atoms with van der Waals surface area (Å²) >= 11 is 5.85. The number of carbonyl (C=O) groups excluding carboxylic acids is 3. The van der Waals surface area contributed by atoms with Crippen molar-refractivity contribution in [1.82, 2.24) is 0 Å². The summed E-state index contributed by atoms with van der Waals surface area (Å²) in [5.74, 6) is -2.22. The van der Waals surface area contributed by atoms with Gasteiger partial charge in [-0.15, -0.1) is 0 Å². The van der Waals surface area contributed by atoms with Gasteiger partial charge in [0.25, 0.3) is 0 Å². The summed E-state index contributed by atoms with van der Waals surface area (Å²) in [6, 6.07) is 6.64. The van der Waals surface area contributed by atoms with Crippen LogP contribution in [0.25, 0.3) is 0 Å². The molecule has 118 valence electrons. The Hall–Kier alpha value is -1.88. The van der Waals surface area contributed by atoms with Crippen LogP contribution in [0, 0.1) is 11.3 Å². The molecule has 2 rings (SSSR count). The number of benzene rings is 1. The lowest BCUT2D eigenvalue weighted by molar-refractivity contribution is -0.181. The summed E-state index contributed by atoms with van der Waals surface area (Å²) in [5.41, 5.74) is -0.655. The quantitative estimate of drug-likeness (QED) is 0.631. The second-order valence-corrected chi connectivity index (χ2v) is 6.19. The molecule has 0 amide bonds. The summed E-state index contributed by atoms with van der Waals surface area (Å²) < 4.78 is 10.1. The van der Waals surface area contributed by atoms with Crippen molar-refractivity contribution >= 4 is 29.3 Å². The lowest BCUT2D eigenvalue weighted by Crippen LogP contribution is -2.48. The highest BCUT2D eigenvalue weighted by Crippen LogP contribution is 2.41. The average molecular weight is 325 g/mol. The number of ketones is 1. The van der Waals surface area contributed by atoms with E-state index in [0.29, 0.717) is 10.6 Å². The van der Waals surface area contributed by atoms with Gasteiger partial charge in [0.2, 0.25) is 0 Å². The molecule has 5 nitrogen and oxygen atoms in total. The Kier molecular flexibility index (Phi) is 4.56. The first-order valence-electron chi connectivity index (χ1n) is 6.85. The first-order chi connectivity index (χ1) is 10.3. The fourth-order valence-corrected chi connectivity index (χ4v) is 2.59. The van der Waals surface area contributed by atoms with Crippen molar-refractivity contribution in [2.45, 2.75) is 26.4 Å². The van der Waals surface area contributed by atoms with E-state index in [9.17, 15) is 14.4 Å². The molecule has 0 aliphatic carbocycles. The molecule has 1 fully saturated rings. The minimum atomic E-state index is -1.28. The molecule has 1 saturated heterocycles. The van der Waals surface area contributed by atoms with Crippen LogP contribution in [-0.2, 0) is 23.9 Å². The highest BCUT2D eigenvalue weighted by molar-refractivity contribution is 6.30. The third kappa shape index (κ3) is 2.99. The van der Waals surface area contributed by atoms with Gasteiger partial charge in [-0.2, -0.15) is 0 Å². The zero-order valence-electron chi connectivity index (χ0n) is 12.6. The molecule has 0 aromatic heterocycles. The van der Waals surface area contributed by atoms with Gasteiger partial charge in [0.15, 0.2) is 5.78 Å². The number of ether oxygens (including phenoxy) is 2. The average Bonchev–Trinajstić information content (AvgIpc) is 2.49. The molecular weight excluding hydrogens is 308 g/mol. The van der Waals surface area contributed by atoms with Gasteiger partial charge >= 0.3 is 11.9 Å². The van der Waals surface area contributed by atoms with Gasteiger partial charge in [0.1, 0.15) is 11.5 Å². The lowest BCUT2D eigenvalue weighted by atomic mass is 9.74. The Balaban J connectivity index is 2.39. The van der Waals surface area contributed by atoms with Gasteiger partial charge < -0.3 is 9.47 Å². The van der Waals surface area contributed by atoms with Gasteiger partial charge in [0.05, 0.1) is 19.4 Å². The van der Waals surface area contributed by atoms with Crippen LogP contribution >= 0.6 is 11.6 Å². The van der Waals surface area contributed by atoms with Crippen molar-refractivity contribution in [3.8, 4) is 0 Å². The number of hydrogen-bond donors (Lipinski definition) is 0. The number of esters is 2. The van der Waals surface area contributed by atoms with E-state index in [2.05, 4.69) is 4.74 Å². The van der Waals surface area contributed by atoms with Crippen molar-refractivity contribution in [3.05, 3.63) is 34.9 Å². The number of cyclic esters (lactones) is 1. The first kappa shape index (κ1) is 16.5. The summed E-state index contributed by atoms with van der Waals surface area (Å²) in [5, 5.41) is 0.530. The molecule has 0 bridgehead atoms. The topological polar surface area (TPSA) is 69.7 Å². The minimum absolute atomic E-state index is 0.140. The van der Waals surface area contributed by atoms with E-state index in [-0.39, 0.29) is 12.2 Å². The molecule has 2 atom stereocenters. The Morgan fingerprint density at radius 3 is 2.41 bits per heavy atom. The molecule has 1 aliphatic heterocycles. The normalized spacial score (nSPS) is 23.8. The summed E-state index contributed by atoms with van der Waals surface area (Å²) in [6.07, 6.45) is -0.955. The van der Waals surface area contributed by atoms with Crippen molar-refractivity contribution in [2.24, 2.45) is 11.3 Å². The summed E-state index contributed by atoms with van der Waals surface area (Å²) in [6.45, 7) is 3.00. The summed E-state index contributed by atoms with van der Waals surface area (Å²) in [7, 11) is 1.25. The van der Waals surface area contributed by atoms with E-state index in [0.717, 1.165) is 0 Å². The van der Waals surface area contributed by atoms with Crippen LogP contribution in [0.3, 0.4) is 0 Å². The number of methoxy groups -OCH3 is 1. The van der Waals surface area contributed by atoms with Crippen LogP contribution in [0.5, 0.6) is 0 Å². The van der Waals surface area contributed by atoms with Gasteiger partial charge in [-0.3, -0.25) is 14.4 Å². The van der Waals surface area contributed by atoms with Crippen molar-refractivity contribution in [1.29, 1.82) is 0 Å². The van der Waals surface area contributed by atoms with Crippen LogP contribution in [-0.4, -0.2) is 24.8 Å². The molecule has 0 unspecified atom stereocenters. The van der Waals surface area contributed by atoms with Crippen molar-refractivity contribution in [3.63, 3.8) is 0 Å². The SMILES string of the molecule is COC(=O)C[C@H]1C(=O)C(C)(C)C(=O)O[C@@H]1c1ccc(Cl)cc1. The smallest absolute Gasteiger partial charge is 0.319 e. The minimum Gasteiger partial charge on any atom is -0.469 e. The molecular formula is C16H17ClO5. The Morgan fingerprint density at radius 2 is 1.86 bits per heavy atom. The molecule has 1 aromatic carbocycles. The lowest BCUT2D eigenvalue weighted by Gasteiger charge is -2.37. The van der Waals surface area contributed by atoms with Crippen LogP contribution in [0.4, 0.5) is 0 Å². The summed E-state index contributed by atoms with van der Waals surface area (Å²) in [4.78, 5) is 36.3. The predicted molar refractivity (Wildman–Crippen MR) is 79.2 cm³/mol. The van der Waals surface area contributed by atoms with E-state index in [1.54, 1.807) is 24.3 Å². The van der Waals surface area contributed by atoms with Gasteiger partial charge in [0, 0.05) is 5.02 Å². The molecule has 0 radical (unpaired) electrons. The standard InChI is InChI=1S/C16H17ClO5/c1-16(2)14(19)11(8-12(18)21-3)13(22-15(16)20)9-4-6-10(17)7-5-9/h4-7,11,13H,8H2,1-3H3/t11-,13-/m1/s1. The molecule has 1 heterocycles. The van der Waals surface area contributed by atoms with E-state index in [4.69, 9.17) is 16.3 Å². The van der Waals surface area contributed by atoms with Crippen LogP contribution in [0.1, 0.15) is 31.9 Å². The maximum atomic E-state index is 12.6. The second kappa shape index (κ2) is 6.08. The second-order valence-electron chi connectivity index (χ2n) is 5.75. The fraction of sp³-hybridized carbons (Fsp3) is 0.438. The first-order valence-corrected chi connectivity index (χ1v) is 7.23. The van der Waals surface area contributed by atoms with E-state index >= 15 is 0 Å². The highest BCUT2D eigenvalue weighted by atomic mass is 35.5. The zero-order chi connectivity index (χ0) is 16.5. The molecule has 0 N–H and O–H groups in total. The van der Waals surface area contributed by atoms with Gasteiger partial charge in [-0.1, -0.05) is 23.7 Å². The zero-order valence-corrected chi connectivity index (χ0v) is 13.3. The largest absolute Gasteiger partial charge is 0.469 e. The number of rotatable bonds is 3. The Morgan fingerprint density at radius 1 is 1.27 bits per heavy atom. The molecule has 0 spiro atoms. The maximum absolute atomic E-state index is 12.6. The van der Waals surface area contributed by atoms with Crippen molar-refractivity contribution in [2.75, 3.05) is 7.11 Å². The van der Waals surface area contributed by atoms with Crippen LogP contribution in [0.15, 0.2) is 24.3 Å². The number of halogens is 1. The monoisotopic (exact) mass is 324 g/mol. The van der Waals surface area contributed by atoms with Crippen LogP contribution in [0.2, 0.25) is 5.02 Å². The molecule has 6 heteroatoms. The predicted octanol–water partition coefficient (Wildman–Crippen LogP) is 2.71. The number of Topliss-reactive ketones (excluding diaryl/α,β-unsaturated/α-hetero) is 1. The van der Waals surface area contributed by atoms with E-state index in [1.807, 2.05) is 0 Å². The third-order valence-corrected chi connectivity index (χ3v) is 4.13. The van der Waals surface area contributed by atoms with E-state index in [1.165, 1.54) is 21.0 Å². The van der Waals surface area contributed by atoms with E-state index < -0.39 is 29.4 Å². The molecule has 1 aromatic rings. The fourth-order valence-electron chi connectivity index (χ4n) is 2.46. The van der Waals surface area contributed by atoms with Gasteiger partial charge in [-0.05, 0) is 31.5 Å². The number of hydrogen-bond acceptors (Lipinski definition) is 5.